The molecule has 6 heteroatoms. The molecule has 0 bridgehead atoms. The first kappa shape index (κ1) is 18.4. The van der Waals surface area contributed by atoms with E-state index in [-0.39, 0.29) is 24.6 Å². The molecule has 3 unspecified atom stereocenters. The molecule has 3 rings (SSSR count). The molecule has 2 amide bonds. The Morgan fingerprint density at radius 3 is 2.46 bits per heavy atom. The number of hydrogen-bond acceptors (Lipinski definition) is 3. The van der Waals surface area contributed by atoms with Crippen molar-refractivity contribution in [1.29, 1.82) is 0 Å². The lowest BCUT2D eigenvalue weighted by atomic mass is 9.99. The highest BCUT2D eigenvalue weighted by Crippen LogP contribution is 2.27. The van der Waals surface area contributed by atoms with Crippen LogP contribution in [0.15, 0.2) is 54.6 Å². The number of aliphatic hydroxyl groups excluding tert-OH is 1. The molecule has 0 spiro atoms. The fourth-order valence-corrected chi connectivity index (χ4v) is 3.19. The zero-order chi connectivity index (χ0) is 18.4. The van der Waals surface area contributed by atoms with Gasteiger partial charge in [0.1, 0.15) is 5.82 Å². The van der Waals surface area contributed by atoms with E-state index in [0.29, 0.717) is 6.61 Å². The Bertz CT molecular complexity index is 703. The van der Waals surface area contributed by atoms with Crippen LogP contribution >= 0.6 is 0 Å². The molecule has 0 radical (unpaired) electrons. The number of nitrogens with one attached hydrogen (secondary N) is 2. The minimum atomic E-state index is -0.505. The summed E-state index contributed by atoms with van der Waals surface area (Å²) in [6, 6.07) is 14.0. The van der Waals surface area contributed by atoms with Crippen LogP contribution in [0.5, 0.6) is 0 Å². The first-order chi connectivity index (χ1) is 12.7. The molecule has 1 aliphatic rings. The molecule has 5 nitrogen and oxygen atoms in total. The molecule has 0 aromatic heterocycles. The van der Waals surface area contributed by atoms with Gasteiger partial charge in [0.2, 0.25) is 0 Å². The molecule has 3 N–H and O–H groups in total. The van der Waals surface area contributed by atoms with Gasteiger partial charge in [-0.3, -0.25) is 0 Å². The number of carbonyl (C=O) groups is 1. The summed E-state index contributed by atoms with van der Waals surface area (Å²) in [4.78, 5) is 12.5. The van der Waals surface area contributed by atoms with E-state index in [4.69, 9.17) is 4.74 Å². The van der Waals surface area contributed by atoms with Gasteiger partial charge in [0.25, 0.3) is 0 Å². The van der Waals surface area contributed by atoms with Crippen molar-refractivity contribution in [3.05, 3.63) is 71.5 Å². The van der Waals surface area contributed by atoms with Gasteiger partial charge < -0.3 is 20.5 Å². The summed E-state index contributed by atoms with van der Waals surface area (Å²) in [6.45, 7) is 0.438. The summed E-state index contributed by atoms with van der Waals surface area (Å²) < 4.78 is 19.0. The number of halogens is 1. The van der Waals surface area contributed by atoms with Gasteiger partial charge >= 0.3 is 6.03 Å². The number of benzene rings is 2. The minimum absolute atomic E-state index is 0.157. The Labute approximate surface area is 152 Å². The van der Waals surface area contributed by atoms with Crippen molar-refractivity contribution in [1.82, 2.24) is 10.6 Å². The standard InChI is InChI=1S/C20H23FN2O3/c21-16-10-8-15(9-11-16)19(18-7-4-12-26-18)23-20(25)22-17(13-24)14-5-2-1-3-6-14/h1-3,5-6,8-11,17-19,24H,4,7,12-13H2,(H2,22,23,25). The number of hydrogen-bond donors (Lipinski definition) is 3. The van der Waals surface area contributed by atoms with Gasteiger partial charge in [0.05, 0.1) is 24.8 Å². The Morgan fingerprint density at radius 2 is 1.85 bits per heavy atom. The SMILES string of the molecule is O=C(NC(CO)c1ccccc1)NC(c1ccc(F)cc1)C1CCCO1. The highest BCUT2D eigenvalue weighted by molar-refractivity contribution is 5.75. The largest absolute Gasteiger partial charge is 0.394 e. The predicted octanol–water partition coefficient (Wildman–Crippen LogP) is 3.08. The summed E-state index contributed by atoms with van der Waals surface area (Å²) in [6.07, 6.45) is 1.59. The van der Waals surface area contributed by atoms with Crippen molar-refractivity contribution in [3.8, 4) is 0 Å². The monoisotopic (exact) mass is 358 g/mol. The molecule has 0 aliphatic carbocycles. The van der Waals surface area contributed by atoms with E-state index in [0.717, 1.165) is 24.0 Å². The maximum Gasteiger partial charge on any atom is 0.315 e. The molecule has 0 saturated carbocycles. The molecule has 1 saturated heterocycles. The van der Waals surface area contributed by atoms with Crippen molar-refractivity contribution in [3.63, 3.8) is 0 Å². The number of aliphatic hydroxyl groups is 1. The van der Waals surface area contributed by atoms with Gasteiger partial charge in [-0.15, -0.1) is 0 Å². The lowest BCUT2D eigenvalue weighted by molar-refractivity contribution is 0.0803. The van der Waals surface area contributed by atoms with E-state index in [1.54, 1.807) is 12.1 Å². The first-order valence-corrected chi connectivity index (χ1v) is 8.77. The van der Waals surface area contributed by atoms with Crippen molar-refractivity contribution in [2.24, 2.45) is 0 Å². The van der Waals surface area contributed by atoms with Gasteiger partial charge in [0.15, 0.2) is 0 Å². The highest BCUT2D eigenvalue weighted by atomic mass is 19.1. The second-order valence-electron chi connectivity index (χ2n) is 6.34. The average molecular weight is 358 g/mol. The van der Waals surface area contributed by atoms with Gasteiger partial charge in [-0.2, -0.15) is 0 Å². The molecule has 1 heterocycles. The first-order valence-electron chi connectivity index (χ1n) is 8.77. The fourth-order valence-electron chi connectivity index (χ4n) is 3.19. The summed E-state index contributed by atoms with van der Waals surface area (Å²) in [5, 5.41) is 15.3. The second kappa shape index (κ2) is 8.78. The Hall–Kier alpha value is -2.44. The number of ether oxygens (including phenoxy) is 1. The van der Waals surface area contributed by atoms with Crippen molar-refractivity contribution in [2.45, 2.75) is 31.0 Å². The number of urea groups is 1. The lowest BCUT2D eigenvalue weighted by Gasteiger charge is -2.26. The van der Waals surface area contributed by atoms with Crippen molar-refractivity contribution < 1.29 is 19.0 Å². The highest BCUT2D eigenvalue weighted by Gasteiger charge is 2.29. The number of rotatable bonds is 6. The summed E-state index contributed by atoms with van der Waals surface area (Å²) in [7, 11) is 0. The smallest absolute Gasteiger partial charge is 0.315 e. The van der Waals surface area contributed by atoms with Gasteiger partial charge in [-0.25, -0.2) is 9.18 Å². The Balaban J connectivity index is 1.71. The van der Waals surface area contributed by atoms with E-state index in [1.165, 1.54) is 12.1 Å². The van der Waals surface area contributed by atoms with Crippen LogP contribution in [-0.2, 0) is 4.74 Å². The minimum Gasteiger partial charge on any atom is -0.394 e. The van der Waals surface area contributed by atoms with E-state index < -0.39 is 12.1 Å². The molecule has 2 aromatic carbocycles. The Morgan fingerprint density at radius 1 is 1.12 bits per heavy atom. The molecule has 2 aromatic rings. The molecule has 1 aliphatic heterocycles. The van der Waals surface area contributed by atoms with Gasteiger partial charge in [-0.05, 0) is 36.1 Å². The van der Waals surface area contributed by atoms with Crippen LogP contribution in [0.25, 0.3) is 0 Å². The zero-order valence-electron chi connectivity index (χ0n) is 14.4. The van der Waals surface area contributed by atoms with E-state index in [2.05, 4.69) is 10.6 Å². The van der Waals surface area contributed by atoms with Crippen molar-refractivity contribution in [2.75, 3.05) is 13.2 Å². The predicted molar refractivity (Wildman–Crippen MR) is 96.1 cm³/mol. The van der Waals surface area contributed by atoms with Crippen LogP contribution in [0, 0.1) is 5.82 Å². The van der Waals surface area contributed by atoms with Crippen LogP contribution in [0.1, 0.15) is 36.1 Å². The molecule has 1 fully saturated rings. The van der Waals surface area contributed by atoms with Gasteiger partial charge in [-0.1, -0.05) is 42.5 Å². The van der Waals surface area contributed by atoms with Crippen LogP contribution in [-0.4, -0.2) is 30.5 Å². The zero-order valence-corrected chi connectivity index (χ0v) is 14.4. The second-order valence-corrected chi connectivity index (χ2v) is 6.34. The average Bonchev–Trinajstić information content (AvgIpc) is 3.20. The number of amides is 2. The number of carbonyl (C=O) groups excluding carboxylic acids is 1. The summed E-state index contributed by atoms with van der Waals surface area (Å²) >= 11 is 0. The van der Waals surface area contributed by atoms with Crippen LogP contribution < -0.4 is 10.6 Å². The third kappa shape index (κ3) is 4.59. The maximum absolute atomic E-state index is 13.2. The third-order valence-corrected chi connectivity index (χ3v) is 4.54. The van der Waals surface area contributed by atoms with E-state index in [1.807, 2.05) is 30.3 Å². The molecular weight excluding hydrogens is 335 g/mol. The quantitative estimate of drug-likeness (QED) is 0.743. The van der Waals surface area contributed by atoms with E-state index in [9.17, 15) is 14.3 Å². The normalized spacial score (nSPS) is 18.9. The van der Waals surface area contributed by atoms with Crippen LogP contribution in [0.4, 0.5) is 9.18 Å². The molecular formula is C20H23FN2O3. The summed E-state index contributed by atoms with van der Waals surface area (Å²) in [5.74, 6) is -0.325. The Kier molecular flexibility index (Phi) is 6.20. The maximum atomic E-state index is 13.2. The molecule has 26 heavy (non-hydrogen) atoms. The van der Waals surface area contributed by atoms with Crippen LogP contribution in [0.2, 0.25) is 0 Å². The molecule has 3 atom stereocenters. The fraction of sp³-hybridized carbons (Fsp3) is 0.350. The van der Waals surface area contributed by atoms with Crippen LogP contribution in [0.3, 0.4) is 0 Å². The molecule has 138 valence electrons. The van der Waals surface area contributed by atoms with Gasteiger partial charge in [0, 0.05) is 6.61 Å². The lowest BCUT2D eigenvalue weighted by Crippen LogP contribution is -2.44. The van der Waals surface area contributed by atoms with E-state index >= 15 is 0 Å². The third-order valence-electron chi connectivity index (χ3n) is 4.54. The van der Waals surface area contributed by atoms with Crippen molar-refractivity contribution >= 4 is 6.03 Å². The summed E-state index contributed by atoms with van der Waals surface area (Å²) in [5.41, 5.74) is 1.61. The topological polar surface area (TPSA) is 70.6 Å².